The molecular formula is C30H63O3P. The van der Waals surface area contributed by atoms with Gasteiger partial charge in [0.25, 0.3) is 0 Å². The quantitative estimate of drug-likeness (QED) is 0.0753. The standard InChI is InChI=1S/C30H63O3P/c1-4-7-10-13-15-17-19-21-23-25-28-32-34(31,30-27-12-9-6-3)33-29-26-24-22-20-18-16-14-11-8-5-2/h4-30H2,1-3H3. The van der Waals surface area contributed by atoms with Crippen LogP contribution in [0.2, 0.25) is 0 Å². The molecule has 0 aromatic heterocycles. The molecule has 0 amide bonds. The minimum atomic E-state index is -2.91. The molecule has 0 radical (unpaired) electrons. The van der Waals surface area contributed by atoms with Crippen molar-refractivity contribution in [3.63, 3.8) is 0 Å². The van der Waals surface area contributed by atoms with Crippen molar-refractivity contribution >= 4 is 7.60 Å². The van der Waals surface area contributed by atoms with E-state index in [1.807, 2.05) is 0 Å². The summed E-state index contributed by atoms with van der Waals surface area (Å²) in [5.74, 6) is 0. The van der Waals surface area contributed by atoms with Crippen LogP contribution in [0.25, 0.3) is 0 Å². The molecule has 34 heavy (non-hydrogen) atoms. The van der Waals surface area contributed by atoms with Crippen molar-refractivity contribution in [2.45, 2.75) is 175 Å². The Hall–Kier alpha value is 0.150. The highest BCUT2D eigenvalue weighted by molar-refractivity contribution is 7.53. The summed E-state index contributed by atoms with van der Waals surface area (Å²) in [6.45, 7) is 7.95. The number of unbranched alkanes of at least 4 members (excludes halogenated alkanes) is 21. The first-order chi connectivity index (χ1) is 16.7. The molecule has 0 aliphatic carbocycles. The molecule has 3 nitrogen and oxygen atoms in total. The molecule has 0 heterocycles. The van der Waals surface area contributed by atoms with Crippen molar-refractivity contribution in [2.24, 2.45) is 0 Å². The van der Waals surface area contributed by atoms with Gasteiger partial charge in [0, 0.05) is 0 Å². The molecule has 0 N–H and O–H groups in total. The summed E-state index contributed by atoms with van der Waals surface area (Å²) in [6, 6.07) is 0. The van der Waals surface area contributed by atoms with Gasteiger partial charge < -0.3 is 9.05 Å². The molecular weight excluding hydrogens is 439 g/mol. The molecule has 0 atom stereocenters. The number of hydrogen-bond donors (Lipinski definition) is 0. The Kier molecular flexibility index (Phi) is 27.9. The van der Waals surface area contributed by atoms with Crippen LogP contribution in [0.5, 0.6) is 0 Å². The highest BCUT2D eigenvalue weighted by atomic mass is 31.2. The van der Waals surface area contributed by atoms with E-state index in [0.29, 0.717) is 19.4 Å². The van der Waals surface area contributed by atoms with Gasteiger partial charge in [0.2, 0.25) is 0 Å². The lowest BCUT2D eigenvalue weighted by molar-refractivity contribution is 0.197. The van der Waals surface area contributed by atoms with E-state index in [1.54, 1.807) is 0 Å². The van der Waals surface area contributed by atoms with Crippen molar-refractivity contribution in [1.29, 1.82) is 0 Å². The molecule has 206 valence electrons. The molecule has 0 rings (SSSR count). The first-order valence-electron chi connectivity index (χ1n) is 15.6. The maximum Gasteiger partial charge on any atom is 0.330 e. The van der Waals surface area contributed by atoms with Crippen LogP contribution in [0.15, 0.2) is 0 Å². The van der Waals surface area contributed by atoms with Gasteiger partial charge in [-0.05, 0) is 19.3 Å². The van der Waals surface area contributed by atoms with E-state index in [9.17, 15) is 4.57 Å². The molecule has 4 heteroatoms. The van der Waals surface area contributed by atoms with E-state index in [2.05, 4.69) is 20.8 Å². The lowest BCUT2D eigenvalue weighted by atomic mass is 10.1. The summed E-state index contributed by atoms with van der Waals surface area (Å²) in [5, 5.41) is 0. The van der Waals surface area contributed by atoms with Gasteiger partial charge >= 0.3 is 7.60 Å². The number of hydrogen-bond acceptors (Lipinski definition) is 3. The van der Waals surface area contributed by atoms with Gasteiger partial charge in [-0.3, -0.25) is 4.57 Å². The van der Waals surface area contributed by atoms with E-state index >= 15 is 0 Å². The Labute approximate surface area is 215 Å². The third kappa shape index (κ3) is 25.2. The fourth-order valence-electron chi connectivity index (χ4n) is 4.48. The summed E-state index contributed by atoms with van der Waals surface area (Å²) in [4.78, 5) is 0. The zero-order valence-corrected chi connectivity index (χ0v) is 24.7. The monoisotopic (exact) mass is 502 g/mol. The fourth-order valence-corrected chi connectivity index (χ4v) is 6.24. The third-order valence-corrected chi connectivity index (χ3v) is 8.87. The second-order valence-electron chi connectivity index (χ2n) is 10.4. The van der Waals surface area contributed by atoms with Crippen LogP contribution in [0.3, 0.4) is 0 Å². The second kappa shape index (κ2) is 27.7. The van der Waals surface area contributed by atoms with Crippen LogP contribution >= 0.6 is 7.60 Å². The van der Waals surface area contributed by atoms with Crippen molar-refractivity contribution in [2.75, 3.05) is 19.4 Å². The lowest BCUT2D eigenvalue weighted by Gasteiger charge is -2.19. The lowest BCUT2D eigenvalue weighted by Crippen LogP contribution is -2.03. The average molecular weight is 503 g/mol. The van der Waals surface area contributed by atoms with Gasteiger partial charge in [0.05, 0.1) is 19.4 Å². The third-order valence-electron chi connectivity index (χ3n) is 6.86. The van der Waals surface area contributed by atoms with Crippen molar-refractivity contribution in [3.05, 3.63) is 0 Å². The Morgan fingerprint density at radius 2 is 0.647 bits per heavy atom. The van der Waals surface area contributed by atoms with Gasteiger partial charge in [-0.2, -0.15) is 0 Å². The molecule has 0 unspecified atom stereocenters. The molecule has 0 spiro atoms. The van der Waals surface area contributed by atoms with Crippen molar-refractivity contribution in [1.82, 2.24) is 0 Å². The average Bonchev–Trinajstić information content (AvgIpc) is 2.84. The largest absolute Gasteiger partial charge is 0.330 e. The Bertz CT molecular complexity index is 397. The SMILES string of the molecule is CCCCCCCCCCCCOP(=O)(CCCCCC)OCCCCCCCCCCCC. The Balaban J connectivity index is 3.87. The van der Waals surface area contributed by atoms with E-state index in [1.165, 1.54) is 128 Å². The number of rotatable bonds is 29. The minimum Gasteiger partial charge on any atom is -0.309 e. The van der Waals surface area contributed by atoms with Gasteiger partial charge in [-0.1, -0.05) is 156 Å². The van der Waals surface area contributed by atoms with E-state index in [-0.39, 0.29) is 0 Å². The van der Waals surface area contributed by atoms with E-state index < -0.39 is 7.60 Å². The Morgan fingerprint density at radius 1 is 0.382 bits per heavy atom. The molecule has 0 aromatic rings. The van der Waals surface area contributed by atoms with E-state index in [4.69, 9.17) is 9.05 Å². The highest BCUT2D eigenvalue weighted by Gasteiger charge is 2.23. The molecule has 0 aliphatic rings. The second-order valence-corrected chi connectivity index (χ2v) is 12.6. The Morgan fingerprint density at radius 3 is 0.971 bits per heavy atom. The fraction of sp³-hybridized carbons (Fsp3) is 1.00. The van der Waals surface area contributed by atoms with Crippen molar-refractivity contribution in [3.8, 4) is 0 Å². The van der Waals surface area contributed by atoms with Crippen LogP contribution in [-0.2, 0) is 13.6 Å². The highest BCUT2D eigenvalue weighted by Crippen LogP contribution is 2.49. The summed E-state index contributed by atoms with van der Waals surface area (Å²) < 4.78 is 25.1. The van der Waals surface area contributed by atoms with Crippen molar-refractivity contribution < 1.29 is 13.6 Å². The molecule has 0 bridgehead atoms. The maximum absolute atomic E-state index is 13.3. The van der Waals surface area contributed by atoms with Crippen LogP contribution in [0.4, 0.5) is 0 Å². The summed E-state index contributed by atoms with van der Waals surface area (Å²) in [6.07, 6.45) is 31.2. The first-order valence-corrected chi connectivity index (χ1v) is 17.3. The predicted octanol–water partition coefficient (Wildman–Crippen LogP) is 11.6. The molecule has 0 aromatic carbocycles. The van der Waals surface area contributed by atoms with Gasteiger partial charge in [0.1, 0.15) is 0 Å². The molecule has 0 saturated carbocycles. The van der Waals surface area contributed by atoms with Gasteiger partial charge in [0.15, 0.2) is 0 Å². The summed E-state index contributed by atoms with van der Waals surface area (Å²) >= 11 is 0. The van der Waals surface area contributed by atoms with Crippen LogP contribution in [0.1, 0.15) is 175 Å². The molecule has 0 aliphatic heterocycles. The first kappa shape index (κ1) is 34.1. The van der Waals surface area contributed by atoms with Gasteiger partial charge in [-0.25, -0.2) is 0 Å². The smallest absolute Gasteiger partial charge is 0.309 e. The van der Waals surface area contributed by atoms with Crippen LogP contribution in [0, 0.1) is 0 Å². The van der Waals surface area contributed by atoms with Gasteiger partial charge in [-0.15, -0.1) is 0 Å². The zero-order valence-electron chi connectivity index (χ0n) is 23.8. The maximum atomic E-state index is 13.3. The van der Waals surface area contributed by atoms with E-state index in [0.717, 1.165) is 25.7 Å². The topological polar surface area (TPSA) is 35.5 Å². The molecule has 0 saturated heterocycles. The van der Waals surface area contributed by atoms with Crippen LogP contribution < -0.4 is 0 Å². The predicted molar refractivity (Wildman–Crippen MR) is 152 cm³/mol. The minimum absolute atomic E-state index is 0.597. The normalized spacial score (nSPS) is 12.0. The summed E-state index contributed by atoms with van der Waals surface area (Å²) in [5.41, 5.74) is 0. The zero-order chi connectivity index (χ0) is 25.0. The molecule has 0 fully saturated rings. The van der Waals surface area contributed by atoms with Crippen LogP contribution in [-0.4, -0.2) is 19.4 Å². The summed E-state index contributed by atoms with van der Waals surface area (Å²) in [7, 11) is -2.91.